The fourth-order valence-corrected chi connectivity index (χ4v) is 1.77. The largest absolute Gasteiger partial charge is 0.480 e. The van der Waals surface area contributed by atoms with Crippen LogP contribution in [0.4, 0.5) is 0 Å². The normalized spacial score (nSPS) is 12.1. The summed E-state index contributed by atoms with van der Waals surface area (Å²) < 4.78 is 3.62. The molecule has 0 radical (unpaired) electrons. The molecule has 0 spiro atoms. The van der Waals surface area contributed by atoms with E-state index in [0.717, 1.165) is 11.5 Å². The predicted molar refractivity (Wildman–Crippen MR) is 58.4 cm³/mol. The summed E-state index contributed by atoms with van der Waals surface area (Å²) in [5, 5.41) is 15.0. The molecule has 0 saturated heterocycles. The first-order valence-corrected chi connectivity index (χ1v) is 5.66. The second kappa shape index (κ2) is 5.55. The van der Waals surface area contributed by atoms with Crippen LogP contribution in [0.15, 0.2) is 0 Å². The number of carboxylic acids is 1. The SMILES string of the molecule is CCC[C@@H](NC(=O)c1snnc1C)C(=O)O. The van der Waals surface area contributed by atoms with Crippen LogP contribution < -0.4 is 5.32 Å². The number of amides is 1. The zero-order valence-electron chi connectivity index (χ0n) is 9.06. The fourth-order valence-electron chi connectivity index (χ4n) is 1.21. The minimum atomic E-state index is -1.02. The molecule has 6 nitrogen and oxygen atoms in total. The Labute approximate surface area is 96.8 Å². The lowest BCUT2D eigenvalue weighted by atomic mass is 10.1. The van der Waals surface area contributed by atoms with Crippen molar-refractivity contribution in [2.75, 3.05) is 0 Å². The summed E-state index contributed by atoms with van der Waals surface area (Å²) >= 11 is 0.963. The van der Waals surface area contributed by atoms with Gasteiger partial charge < -0.3 is 10.4 Å². The van der Waals surface area contributed by atoms with Crippen LogP contribution in [0, 0.1) is 6.92 Å². The number of aliphatic carboxylic acids is 1. The van der Waals surface area contributed by atoms with Gasteiger partial charge in [-0.25, -0.2) is 4.79 Å². The molecular formula is C9H13N3O3S. The van der Waals surface area contributed by atoms with Crippen LogP contribution in [0.2, 0.25) is 0 Å². The Morgan fingerprint density at radius 3 is 2.69 bits per heavy atom. The van der Waals surface area contributed by atoms with Crippen LogP contribution in [0.3, 0.4) is 0 Å². The van der Waals surface area contributed by atoms with Gasteiger partial charge in [0.15, 0.2) is 0 Å². The standard InChI is InChI=1S/C9H13N3O3S/c1-3-4-6(9(14)15)10-8(13)7-5(2)11-12-16-7/h6H,3-4H2,1-2H3,(H,10,13)(H,14,15)/t6-/m1/s1. The molecule has 0 aliphatic rings. The van der Waals surface area contributed by atoms with E-state index in [1.54, 1.807) is 6.92 Å². The lowest BCUT2D eigenvalue weighted by molar-refractivity contribution is -0.139. The lowest BCUT2D eigenvalue weighted by Gasteiger charge is -2.12. The van der Waals surface area contributed by atoms with Gasteiger partial charge in [-0.15, -0.1) is 5.10 Å². The topological polar surface area (TPSA) is 92.2 Å². The van der Waals surface area contributed by atoms with E-state index in [2.05, 4.69) is 14.9 Å². The van der Waals surface area contributed by atoms with Gasteiger partial charge in [-0.3, -0.25) is 4.79 Å². The van der Waals surface area contributed by atoms with E-state index in [-0.39, 0.29) is 0 Å². The molecule has 1 atom stereocenters. The molecule has 16 heavy (non-hydrogen) atoms. The van der Waals surface area contributed by atoms with Crippen molar-refractivity contribution in [1.82, 2.24) is 14.9 Å². The van der Waals surface area contributed by atoms with Crippen LogP contribution in [0.5, 0.6) is 0 Å². The lowest BCUT2D eigenvalue weighted by Crippen LogP contribution is -2.40. The van der Waals surface area contributed by atoms with Gasteiger partial charge in [-0.05, 0) is 24.9 Å². The van der Waals surface area contributed by atoms with Crippen molar-refractivity contribution in [1.29, 1.82) is 0 Å². The minimum Gasteiger partial charge on any atom is -0.480 e. The number of rotatable bonds is 5. The number of hydrogen-bond acceptors (Lipinski definition) is 5. The molecule has 2 N–H and O–H groups in total. The van der Waals surface area contributed by atoms with Gasteiger partial charge in [-0.1, -0.05) is 17.8 Å². The Balaban J connectivity index is 2.69. The highest BCUT2D eigenvalue weighted by Crippen LogP contribution is 2.09. The third kappa shape index (κ3) is 2.99. The highest BCUT2D eigenvalue weighted by Gasteiger charge is 2.21. The molecular weight excluding hydrogens is 230 g/mol. The van der Waals surface area contributed by atoms with E-state index in [9.17, 15) is 9.59 Å². The summed E-state index contributed by atoms with van der Waals surface area (Å²) in [6, 6.07) is -0.848. The molecule has 7 heteroatoms. The molecule has 0 unspecified atom stereocenters. The van der Waals surface area contributed by atoms with Crippen LogP contribution in [-0.4, -0.2) is 32.6 Å². The molecule has 1 rings (SSSR count). The zero-order valence-corrected chi connectivity index (χ0v) is 9.87. The van der Waals surface area contributed by atoms with Crippen molar-refractivity contribution in [2.24, 2.45) is 0 Å². The first kappa shape index (κ1) is 12.6. The van der Waals surface area contributed by atoms with E-state index in [1.165, 1.54) is 0 Å². The molecule has 1 heterocycles. The third-order valence-corrected chi connectivity index (χ3v) is 2.87. The van der Waals surface area contributed by atoms with Crippen molar-refractivity contribution in [3.63, 3.8) is 0 Å². The number of hydrogen-bond donors (Lipinski definition) is 2. The number of aryl methyl sites for hydroxylation is 1. The van der Waals surface area contributed by atoms with E-state index >= 15 is 0 Å². The maximum absolute atomic E-state index is 11.7. The molecule has 1 aromatic rings. The smallest absolute Gasteiger partial charge is 0.326 e. The molecule has 0 aliphatic heterocycles. The highest BCUT2D eigenvalue weighted by molar-refractivity contribution is 7.08. The first-order valence-electron chi connectivity index (χ1n) is 4.88. The van der Waals surface area contributed by atoms with Gasteiger partial charge in [-0.2, -0.15) is 0 Å². The zero-order chi connectivity index (χ0) is 12.1. The van der Waals surface area contributed by atoms with Crippen LogP contribution in [0.1, 0.15) is 35.1 Å². The first-order chi connectivity index (χ1) is 7.56. The molecule has 0 fully saturated rings. The number of nitrogens with zero attached hydrogens (tertiary/aromatic N) is 2. The van der Waals surface area contributed by atoms with E-state index in [0.29, 0.717) is 23.4 Å². The van der Waals surface area contributed by atoms with Crippen molar-refractivity contribution < 1.29 is 14.7 Å². The van der Waals surface area contributed by atoms with Crippen LogP contribution in [-0.2, 0) is 4.79 Å². The molecule has 0 saturated carbocycles. The number of carboxylic acid groups (broad SMARTS) is 1. The van der Waals surface area contributed by atoms with Gasteiger partial charge in [0.2, 0.25) is 0 Å². The molecule has 88 valence electrons. The average molecular weight is 243 g/mol. The van der Waals surface area contributed by atoms with Crippen molar-refractivity contribution >= 4 is 23.4 Å². The molecule has 1 amide bonds. The maximum atomic E-state index is 11.7. The number of carbonyl (C=O) groups excluding carboxylic acids is 1. The summed E-state index contributed by atoms with van der Waals surface area (Å²) in [4.78, 5) is 22.9. The second-order valence-corrected chi connectivity index (χ2v) is 4.09. The molecule has 1 aromatic heterocycles. The Morgan fingerprint density at radius 1 is 1.56 bits per heavy atom. The Kier molecular flexibility index (Phi) is 4.36. The monoisotopic (exact) mass is 243 g/mol. The quantitative estimate of drug-likeness (QED) is 0.799. The minimum absolute atomic E-state index is 0.363. The summed E-state index contributed by atoms with van der Waals surface area (Å²) in [6.07, 6.45) is 1.10. The summed E-state index contributed by atoms with van der Waals surface area (Å²) in [7, 11) is 0. The number of carbonyl (C=O) groups is 2. The molecule has 0 aromatic carbocycles. The third-order valence-electron chi connectivity index (χ3n) is 2.04. The van der Waals surface area contributed by atoms with Gasteiger partial charge in [0.1, 0.15) is 10.9 Å². The van der Waals surface area contributed by atoms with Crippen molar-refractivity contribution in [3.8, 4) is 0 Å². The van der Waals surface area contributed by atoms with Gasteiger partial charge >= 0.3 is 5.97 Å². The van der Waals surface area contributed by atoms with Crippen LogP contribution in [0.25, 0.3) is 0 Å². The van der Waals surface area contributed by atoms with Gasteiger partial charge in [0.05, 0.1) is 5.69 Å². The summed E-state index contributed by atoms with van der Waals surface area (Å²) in [6.45, 7) is 3.52. The van der Waals surface area contributed by atoms with Gasteiger partial charge in [0.25, 0.3) is 5.91 Å². The Morgan fingerprint density at radius 2 is 2.25 bits per heavy atom. The van der Waals surface area contributed by atoms with E-state index in [1.807, 2.05) is 6.92 Å². The molecule has 0 aliphatic carbocycles. The summed E-state index contributed by atoms with van der Waals surface area (Å²) in [5.74, 6) is -1.45. The van der Waals surface area contributed by atoms with E-state index < -0.39 is 17.9 Å². The summed E-state index contributed by atoms with van der Waals surface area (Å²) in [5.41, 5.74) is 0.517. The highest BCUT2D eigenvalue weighted by atomic mass is 32.1. The van der Waals surface area contributed by atoms with Crippen LogP contribution >= 0.6 is 11.5 Å². The second-order valence-electron chi connectivity index (χ2n) is 3.34. The Hall–Kier alpha value is -1.50. The maximum Gasteiger partial charge on any atom is 0.326 e. The van der Waals surface area contributed by atoms with Crippen molar-refractivity contribution in [2.45, 2.75) is 32.7 Å². The fraction of sp³-hybridized carbons (Fsp3) is 0.556. The average Bonchev–Trinajstić information content (AvgIpc) is 2.63. The molecule has 0 bridgehead atoms. The number of nitrogens with one attached hydrogen (secondary N) is 1. The predicted octanol–water partition coefficient (Wildman–Crippen LogP) is 0.830. The number of aromatic nitrogens is 2. The van der Waals surface area contributed by atoms with Crippen molar-refractivity contribution in [3.05, 3.63) is 10.6 Å². The van der Waals surface area contributed by atoms with Gasteiger partial charge in [0, 0.05) is 0 Å². The van der Waals surface area contributed by atoms with E-state index in [4.69, 9.17) is 5.11 Å². The Bertz CT molecular complexity index is 391.